The van der Waals surface area contributed by atoms with Gasteiger partial charge in [0.1, 0.15) is 6.54 Å². The van der Waals surface area contributed by atoms with E-state index in [1.807, 2.05) is 12.2 Å². The first-order valence-corrected chi connectivity index (χ1v) is 11.0. The molecular formula is C19H22F3N3O4S. The van der Waals surface area contributed by atoms with E-state index in [9.17, 15) is 31.2 Å². The second-order valence-electron chi connectivity index (χ2n) is 7.22. The van der Waals surface area contributed by atoms with Gasteiger partial charge in [0, 0.05) is 24.8 Å². The Kier molecular flexibility index (Phi) is 6.51. The summed E-state index contributed by atoms with van der Waals surface area (Å²) in [5.41, 5.74) is 0.357. The normalized spacial score (nSPS) is 20.9. The summed E-state index contributed by atoms with van der Waals surface area (Å²) < 4.78 is 65.5. The number of carbonyl (C=O) groups excluding carboxylic acids is 2. The van der Waals surface area contributed by atoms with Crippen LogP contribution < -0.4 is 9.62 Å². The molecule has 1 saturated heterocycles. The summed E-state index contributed by atoms with van der Waals surface area (Å²) in [4.78, 5) is 25.3. The molecule has 0 saturated carbocycles. The zero-order valence-electron chi connectivity index (χ0n) is 16.1. The molecular weight excluding hydrogens is 423 g/mol. The van der Waals surface area contributed by atoms with Gasteiger partial charge in [0.05, 0.1) is 4.90 Å². The molecule has 1 unspecified atom stereocenters. The van der Waals surface area contributed by atoms with Crippen LogP contribution in [0.2, 0.25) is 0 Å². The highest BCUT2D eigenvalue weighted by Crippen LogP contribution is 2.24. The Labute approximate surface area is 172 Å². The van der Waals surface area contributed by atoms with Crippen molar-refractivity contribution in [3.63, 3.8) is 0 Å². The van der Waals surface area contributed by atoms with Crippen LogP contribution in [0.25, 0.3) is 0 Å². The monoisotopic (exact) mass is 445 g/mol. The maximum absolute atomic E-state index is 12.6. The Bertz CT molecular complexity index is 929. The van der Waals surface area contributed by atoms with E-state index < -0.39 is 34.6 Å². The average Bonchev–Trinajstić information content (AvgIpc) is 2.95. The fourth-order valence-corrected chi connectivity index (χ4v) is 4.76. The quantitative estimate of drug-likeness (QED) is 0.720. The molecule has 0 spiro atoms. The van der Waals surface area contributed by atoms with Gasteiger partial charge in [-0.25, -0.2) is 13.1 Å². The molecule has 1 atom stereocenters. The Hall–Kier alpha value is -2.40. The van der Waals surface area contributed by atoms with Crippen molar-refractivity contribution in [2.75, 3.05) is 24.5 Å². The first-order valence-electron chi connectivity index (χ1n) is 9.52. The van der Waals surface area contributed by atoms with Crippen LogP contribution in [0.5, 0.6) is 0 Å². The van der Waals surface area contributed by atoms with E-state index in [0.29, 0.717) is 17.0 Å². The molecule has 1 N–H and O–H groups in total. The SMILES string of the molecule is O=C1CN(C(=O)C(F)(F)F)CCN1c1ccc(S(=O)(=O)NC2CC=CCCC2)cc1. The Morgan fingerprint density at radius 3 is 2.43 bits per heavy atom. The van der Waals surface area contributed by atoms with Gasteiger partial charge in [-0.15, -0.1) is 0 Å². The maximum atomic E-state index is 12.6. The van der Waals surface area contributed by atoms with Crippen LogP contribution in [0.15, 0.2) is 41.3 Å². The van der Waals surface area contributed by atoms with Gasteiger partial charge in [0.15, 0.2) is 0 Å². The fourth-order valence-electron chi connectivity index (χ4n) is 3.48. The highest BCUT2D eigenvalue weighted by molar-refractivity contribution is 7.89. The summed E-state index contributed by atoms with van der Waals surface area (Å²) in [5, 5.41) is 0. The van der Waals surface area contributed by atoms with Gasteiger partial charge in [0.2, 0.25) is 15.9 Å². The lowest BCUT2D eigenvalue weighted by molar-refractivity contribution is -0.186. The number of carbonyl (C=O) groups is 2. The average molecular weight is 445 g/mol. The molecule has 0 aromatic heterocycles. The number of piperazine rings is 1. The fraction of sp³-hybridized carbons (Fsp3) is 0.474. The van der Waals surface area contributed by atoms with Gasteiger partial charge in [-0.05, 0) is 49.9 Å². The standard InChI is InChI=1S/C19H22F3N3O4S/c20-19(21,22)18(27)24-11-12-25(17(26)13-24)15-7-9-16(10-8-15)30(28,29)23-14-5-3-1-2-4-6-14/h1,3,7-10,14,23H,2,4-6,11-13H2. The van der Waals surface area contributed by atoms with Crippen molar-refractivity contribution in [1.82, 2.24) is 9.62 Å². The third-order valence-corrected chi connectivity index (χ3v) is 6.58. The third kappa shape index (κ3) is 5.20. The van der Waals surface area contributed by atoms with Crippen LogP contribution >= 0.6 is 0 Å². The van der Waals surface area contributed by atoms with E-state index in [1.54, 1.807) is 0 Å². The number of nitrogens with zero attached hydrogens (tertiary/aromatic N) is 2. The van der Waals surface area contributed by atoms with Crippen molar-refractivity contribution < 1.29 is 31.2 Å². The number of nitrogens with one attached hydrogen (secondary N) is 1. The molecule has 164 valence electrons. The first-order chi connectivity index (χ1) is 14.1. The number of sulfonamides is 1. The van der Waals surface area contributed by atoms with Crippen LogP contribution in [0, 0.1) is 0 Å². The highest BCUT2D eigenvalue weighted by Gasteiger charge is 2.44. The number of hydrogen-bond acceptors (Lipinski definition) is 4. The number of amides is 2. The number of allylic oxidation sites excluding steroid dienone is 1. The van der Waals surface area contributed by atoms with Gasteiger partial charge in [0.25, 0.3) is 0 Å². The minimum atomic E-state index is -5.03. The lowest BCUT2D eigenvalue weighted by atomic mass is 10.1. The van der Waals surface area contributed by atoms with Crippen molar-refractivity contribution in [2.24, 2.45) is 0 Å². The first kappa shape index (κ1) is 22.3. The molecule has 30 heavy (non-hydrogen) atoms. The molecule has 1 aliphatic heterocycles. The molecule has 1 aromatic carbocycles. The van der Waals surface area contributed by atoms with Gasteiger partial charge < -0.3 is 9.80 Å². The lowest BCUT2D eigenvalue weighted by Crippen LogP contribution is -2.55. The predicted molar refractivity (Wildman–Crippen MR) is 103 cm³/mol. The smallest absolute Gasteiger partial charge is 0.324 e. The molecule has 0 radical (unpaired) electrons. The van der Waals surface area contributed by atoms with Crippen molar-refractivity contribution in [3.8, 4) is 0 Å². The van der Waals surface area contributed by atoms with Crippen LogP contribution in [-0.2, 0) is 19.6 Å². The van der Waals surface area contributed by atoms with Gasteiger partial charge >= 0.3 is 12.1 Å². The Morgan fingerprint density at radius 2 is 1.80 bits per heavy atom. The van der Waals surface area contributed by atoms with E-state index in [1.165, 1.54) is 29.2 Å². The number of rotatable bonds is 4. The molecule has 1 aliphatic carbocycles. The third-order valence-electron chi connectivity index (χ3n) is 5.04. The molecule has 11 heteroatoms. The van der Waals surface area contributed by atoms with Crippen LogP contribution in [-0.4, -0.2) is 57.0 Å². The molecule has 3 rings (SSSR count). The summed E-state index contributed by atoms with van der Waals surface area (Å²) in [6.07, 6.45) is 2.13. The van der Waals surface area contributed by atoms with Crippen molar-refractivity contribution in [1.29, 1.82) is 0 Å². The van der Waals surface area contributed by atoms with E-state index >= 15 is 0 Å². The van der Waals surface area contributed by atoms with Crippen molar-refractivity contribution >= 4 is 27.5 Å². The van der Waals surface area contributed by atoms with Crippen molar-refractivity contribution in [2.45, 2.75) is 42.8 Å². The zero-order chi connectivity index (χ0) is 21.9. The Balaban J connectivity index is 1.66. The number of benzene rings is 1. The van der Waals surface area contributed by atoms with E-state index in [-0.39, 0.29) is 24.0 Å². The number of alkyl halides is 3. The maximum Gasteiger partial charge on any atom is 0.471 e. The second-order valence-corrected chi connectivity index (χ2v) is 8.93. The second kappa shape index (κ2) is 8.76. The molecule has 2 aliphatic rings. The zero-order valence-corrected chi connectivity index (χ0v) is 16.9. The number of hydrogen-bond donors (Lipinski definition) is 1. The van der Waals surface area contributed by atoms with Crippen LogP contribution in [0.4, 0.5) is 18.9 Å². The van der Waals surface area contributed by atoms with Gasteiger partial charge in [-0.3, -0.25) is 9.59 Å². The minimum Gasteiger partial charge on any atom is -0.324 e. The molecule has 1 aromatic rings. The topological polar surface area (TPSA) is 86.8 Å². The van der Waals surface area contributed by atoms with Gasteiger partial charge in [-0.2, -0.15) is 13.2 Å². The minimum absolute atomic E-state index is 0.0396. The predicted octanol–water partition coefficient (Wildman–Crippen LogP) is 2.20. The molecule has 1 fully saturated rings. The summed E-state index contributed by atoms with van der Waals surface area (Å²) in [5.74, 6) is -2.71. The molecule has 2 amide bonds. The van der Waals surface area contributed by atoms with Gasteiger partial charge in [-0.1, -0.05) is 12.2 Å². The highest BCUT2D eigenvalue weighted by atomic mass is 32.2. The summed E-state index contributed by atoms with van der Waals surface area (Å²) in [6, 6.07) is 5.38. The Morgan fingerprint density at radius 1 is 1.10 bits per heavy atom. The van der Waals surface area contributed by atoms with E-state index in [4.69, 9.17) is 0 Å². The van der Waals surface area contributed by atoms with Crippen molar-refractivity contribution in [3.05, 3.63) is 36.4 Å². The lowest BCUT2D eigenvalue weighted by Gasteiger charge is -2.34. The van der Waals surface area contributed by atoms with Crippen LogP contribution in [0.3, 0.4) is 0 Å². The van der Waals surface area contributed by atoms with E-state index in [0.717, 1.165) is 19.3 Å². The summed E-state index contributed by atoms with van der Waals surface area (Å²) in [6.45, 7) is -1.06. The van der Waals surface area contributed by atoms with E-state index in [2.05, 4.69) is 4.72 Å². The number of anilines is 1. The molecule has 0 bridgehead atoms. The van der Waals surface area contributed by atoms with Crippen LogP contribution in [0.1, 0.15) is 25.7 Å². The number of halogens is 3. The summed E-state index contributed by atoms with van der Waals surface area (Å²) >= 11 is 0. The molecule has 1 heterocycles. The summed E-state index contributed by atoms with van der Waals surface area (Å²) in [7, 11) is -3.74. The molecule has 7 nitrogen and oxygen atoms in total. The largest absolute Gasteiger partial charge is 0.471 e.